The summed E-state index contributed by atoms with van der Waals surface area (Å²) in [6.07, 6.45) is 14.5. The van der Waals surface area contributed by atoms with E-state index in [1.165, 1.54) is 32.1 Å². The molecule has 3 aromatic heterocycles. The lowest BCUT2D eigenvalue weighted by atomic mass is 9.83. The minimum atomic E-state index is 0.420. The monoisotopic (exact) mass is 447 g/mol. The highest BCUT2D eigenvalue weighted by atomic mass is 16.5. The molecule has 8 nitrogen and oxygen atoms in total. The fraction of sp³-hybridized carbons (Fsp3) is 0.600. The van der Waals surface area contributed by atoms with E-state index in [0.717, 1.165) is 61.6 Å². The van der Waals surface area contributed by atoms with Crippen molar-refractivity contribution in [2.75, 3.05) is 18.5 Å². The number of nitrogens with one attached hydrogen (secondary N) is 2. The van der Waals surface area contributed by atoms with Crippen molar-refractivity contribution >= 4 is 11.6 Å². The van der Waals surface area contributed by atoms with E-state index in [1.807, 2.05) is 29.0 Å². The minimum Gasteiger partial charge on any atom is -0.381 e. The molecule has 1 saturated heterocycles. The van der Waals surface area contributed by atoms with E-state index in [9.17, 15) is 0 Å². The van der Waals surface area contributed by atoms with Gasteiger partial charge in [0.05, 0.1) is 17.1 Å². The second kappa shape index (κ2) is 9.35. The van der Waals surface area contributed by atoms with Gasteiger partial charge in [-0.1, -0.05) is 6.42 Å². The van der Waals surface area contributed by atoms with Crippen LogP contribution in [0.1, 0.15) is 69.4 Å². The molecule has 174 valence electrons. The summed E-state index contributed by atoms with van der Waals surface area (Å²) in [4.78, 5) is 14.1. The molecule has 1 aliphatic heterocycles. The zero-order valence-corrected chi connectivity index (χ0v) is 19.1. The van der Waals surface area contributed by atoms with Crippen LogP contribution in [-0.4, -0.2) is 55.9 Å². The molecule has 2 N–H and O–H groups in total. The van der Waals surface area contributed by atoms with Crippen LogP contribution in [0.2, 0.25) is 0 Å². The maximum Gasteiger partial charge on any atom is 0.223 e. The van der Waals surface area contributed by atoms with E-state index >= 15 is 0 Å². The van der Waals surface area contributed by atoms with Crippen LogP contribution >= 0.6 is 0 Å². The minimum absolute atomic E-state index is 0.420. The molecule has 0 bridgehead atoms. The fourth-order valence-electron chi connectivity index (χ4n) is 5.30. The Kier molecular flexibility index (Phi) is 5.94. The first-order valence-electron chi connectivity index (χ1n) is 12.6. The summed E-state index contributed by atoms with van der Waals surface area (Å²) >= 11 is 0. The highest BCUT2D eigenvalue weighted by Gasteiger charge is 2.25. The topological polar surface area (TPSA) is 89.3 Å². The maximum absolute atomic E-state index is 5.48. The molecule has 0 atom stereocenters. The van der Waals surface area contributed by atoms with Crippen molar-refractivity contribution in [3.8, 4) is 11.4 Å². The van der Waals surface area contributed by atoms with Gasteiger partial charge in [-0.25, -0.2) is 19.5 Å². The first kappa shape index (κ1) is 21.0. The van der Waals surface area contributed by atoms with Crippen molar-refractivity contribution < 1.29 is 4.74 Å². The number of nitrogens with zero attached hydrogens (tertiary/aromatic N) is 5. The molecule has 2 aliphatic carbocycles. The fourth-order valence-corrected chi connectivity index (χ4v) is 5.30. The predicted octanol–water partition coefficient (Wildman–Crippen LogP) is 3.95. The molecule has 0 spiro atoms. The van der Waals surface area contributed by atoms with Gasteiger partial charge < -0.3 is 15.4 Å². The van der Waals surface area contributed by atoms with Gasteiger partial charge in [0.1, 0.15) is 0 Å². The summed E-state index contributed by atoms with van der Waals surface area (Å²) in [5.41, 5.74) is 3.75. The number of hydrogen-bond acceptors (Lipinski definition) is 7. The van der Waals surface area contributed by atoms with Crippen LogP contribution in [0.4, 0.5) is 5.95 Å². The SMILES string of the molecule is c1cc(-c2ccn3nc(C4CCC4)cc3n2)nc(NC2CCC(NC3CCOCC3)CC2)n1. The van der Waals surface area contributed by atoms with Gasteiger partial charge in [0.25, 0.3) is 0 Å². The van der Waals surface area contributed by atoms with Gasteiger partial charge in [0, 0.05) is 55.7 Å². The van der Waals surface area contributed by atoms with Crippen LogP contribution in [0, 0.1) is 0 Å². The molecule has 0 amide bonds. The van der Waals surface area contributed by atoms with Crippen molar-refractivity contribution in [1.29, 1.82) is 0 Å². The quantitative estimate of drug-likeness (QED) is 0.591. The summed E-state index contributed by atoms with van der Waals surface area (Å²) in [5, 5.41) is 12.1. The number of rotatable bonds is 6. The lowest BCUT2D eigenvalue weighted by molar-refractivity contribution is 0.0730. The molecular weight excluding hydrogens is 414 g/mol. The molecule has 33 heavy (non-hydrogen) atoms. The third kappa shape index (κ3) is 4.73. The molecule has 0 aromatic carbocycles. The summed E-state index contributed by atoms with van der Waals surface area (Å²) in [6.45, 7) is 1.79. The lowest BCUT2D eigenvalue weighted by Crippen LogP contribution is -2.44. The average Bonchev–Trinajstić information content (AvgIpc) is 3.22. The van der Waals surface area contributed by atoms with Crippen molar-refractivity contribution in [1.82, 2.24) is 29.9 Å². The molecule has 0 radical (unpaired) electrons. The normalized spacial score (nSPS) is 24.6. The van der Waals surface area contributed by atoms with Gasteiger partial charge in [-0.2, -0.15) is 5.10 Å². The van der Waals surface area contributed by atoms with Crippen molar-refractivity contribution in [3.05, 3.63) is 36.3 Å². The largest absolute Gasteiger partial charge is 0.381 e. The highest BCUT2D eigenvalue weighted by Crippen LogP contribution is 2.35. The number of fused-ring (bicyclic) bond motifs is 1. The van der Waals surface area contributed by atoms with E-state index in [2.05, 4.69) is 21.7 Å². The summed E-state index contributed by atoms with van der Waals surface area (Å²) < 4.78 is 7.36. The Morgan fingerprint density at radius 1 is 0.848 bits per heavy atom. The van der Waals surface area contributed by atoms with Crippen LogP contribution in [0.3, 0.4) is 0 Å². The lowest BCUT2D eigenvalue weighted by Gasteiger charge is -2.33. The van der Waals surface area contributed by atoms with Crippen molar-refractivity contribution in [2.24, 2.45) is 0 Å². The van der Waals surface area contributed by atoms with Gasteiger partial charge in [0.15, 0.2) is 5.65 Å². The van der Waals surface area contributed by atoms with Crippen LogP contribution in [0.25, 0.3) is 17.0 Å². The molecule has 6 rings (SSSR count). The third-order valence-corrected chi connectivity index (χ3v) is 7.54. The maximum atomic E-state index is 5.48. The zero-order chi connectivity index (χ0) is 22.0. The van der Waals surface area contributed by atoms with Gasteiger partial charge >= 0.3 is 0 Å². The van der Waals surface area contributed by atoms with E-state index in [-0.39, 0.29) is 0 Å². The molecule has 2 saturated carbocycles. The Morgan fingerprint density at radius 2 is 1.61 bits per heavy atom. The number of anilines is 1. The molecule has 3 aliphatic rings. The first-order chi connectivity index (χ1) is 16.3. The average molecular weight is 448 g/mol. The Bertz CT molecular complexity index is 1080. The predicted molar refractivity (Wildman–Crippen MR) is 127 cm³/mol. The Morgan fingerprint density at radius 3 is 2.39 bits per heavy atom. The van der Waals surface area contributed by atoms with E-state index in [0.29, 0.717) is 30.0 Å². The van der Waals surface area contributed by atoms with Crippen molar-refractivity contribution in [2.45, 2.75) is 81.8 Å². The Hall–Kier alpha value is -2.58. The van der Waals surface area contributed by atoms with E-state index < -0.39 is 0 Å². The van der Waals surface area contributed by atoms with Crippen LogP contribution in [0.5, 0.6) is 0 Å². The number of hydrogen-bond donors (Lipinski definition) is 2. The second-order valence-electron chi connectivity index (χ2n) is 9.82. The molecule has 8 heteroatoms. The zero-order valence-electron chi connectivity index (χ0n) is 19.1. The van der Waals surface area contributed by atoms with Gasteiger partial charge in [-0.15, -0.1) is 0 Å². The molecule has 3 fully saturated rings. The van der Waals surface area contributed by atoms with Gasteiger partial charge in [0.2, 0.25) is 5.95 Å². The molecule has 4 heterocycles. The number of ether oxygens (including phenoxy) is 1. The standard InChI is InChI=1S/C25H33N7O/c1-2-17(3-1)23-16-24-29-22(9-13-32(24)31-23)21-8-12-26-25(30-21)28-19-6-4-18(5-7-19)27-20-10-14-33-15-11-20/h8-9,12-13,16-20,27H,1-7,10-11,14-15H2,(H,26,28,30). The third-order valence-electron chi connectivity index (χ3n) is 7.54. The van der Waals surface area contributed by atoms with E-state index in [1.54, 1.807) is 0 Å². The van der Waals surface area contributed by atoms with Crippen molar-refractivity contribution in [3.63, 3.8) is 0 Å². The van der Waals surface area contributed by atoms with Crippen LogP contribution in [-0.2, 0) is 4.74 Å². The molecule has 0 unspecified atom stereocenters. The smallest absolute Gasteiger partial charge is 0.223 e. The highest BCUT2D eigenvalue weighted by molar-refractivity contribution is 5.58. The van der Waals surface area contributed by atoms with Gasteiger partial charge in [-0.05, 0) is 63.5 Å². The summed E-state index contributed by atoms with van der Waals surface area (Å²) in [5.74, 6) is 1.30. The first-order valence-corrected chi connectivity index (χ1v) is 12.6. The molecular formula is C25H33N7O. The van der Waals surface area contributed by atoms with Crippen LogP contribution < -0.4 is 10.6 Å². The van der Waals surface area contributed by atoms with Crippen LogP contribution in [0.15, 0.2) is 30.6 Å². The Balaban J connectivity index is 1.08. The summed E-state index contributed by atoms with van der Waals surface area (Å²) in [6, 6.07) is 7.71. The Labute approximate surface area is 194 Å². The van der Waals surface area contributed by atoms with E-state index in [4.69, 9.17) is 19.8 Å². The number of aromatic nitrogens is 5. The van der Waals surface area contributed by atoms with Gasteiger partial charge in [-0.3, -0.25) is 0 Å². The molecule has 3 aromatic rings. The second-order valence-corrected chi connectivity index (χ2v) is 9.82. The summed E-state index contributed by atoms with van der Waals surface area (Å²) in [7, 11) is 0.